The van der Waals surface area contributed by atoms with Crippen molar-refractivity contribution in [3.8, 4) is 5.75 Å². The summed E-state index contributed by atoms with van der Waals surface area (Å²) in [6, 6.07) is 20.0. The molecule has 0 aliphatic carbocycles. The van der Waals surface area contributed by atoms with Crippen LogP contribution in [-0.2, 0) is 11.4 Å². The van der Waals surface area contributed by atoms with Crippen LogP contribution in [0.15, 0.2) is 76.6 Å². The predicted molar refractivity (Wildman–Crippen MR) is 131 cm³/mol. The zero-order valence-electron chi connectivity index (χ0n) is 18.2. The number of carboxylic acids is 1. The number of amides is 1. The van der Waals surface area contributed by atoms with Crippen LogP contribution in [0.3, 0.4) is 0 Å². The van der Waals surface area contributed by atoms with Crippen molar-refractivity contribution < 1.29 is 19.4 Å². The van der Waals surface area contributed by atoms with Crippen LogP contribution in [-0.4, -0.2) is 22.2 Å². The van der Waals surface area contributed by atoms with E-state index in [0.717, 1.165) is 22.4 Å². The number of hydrogen-bond donors (Lipinski definition) is 2. The van der Waals surface area contributed by atoms with E-state index in [4.69, 9.17) is 9.84 Å². The van der Waals surface area contributed by atoms with Crippen molar-refractivity contribution in [1.82, 2.24) is 5.32 Å². The van der Waals surface area contributed by atoms with E-state index in [2.05, 4.69) is 16.4 Å². The van der Waals surface area contributed by atoms with E-state index in [1.54, 1.807) is 18.2 Å². The molecule has 4 rings (SSSR count). The zero-order valence-corrected chi connectivity index (χ0v) is 19.0. The summed E-state index contributed by atoms with van der Waals surface area (Å²) >= 11 is 1.31. The molecule has 1 amide bonds. The Morgan fingerprint density at radius 2 is 1.88 bits per heavy atom. The molecule has 0 unspecified atom stereocenters. The van der Waals surface area contributed by atoms with Gasteiger partial charge in [-0.25, -0.2) is 9.79 Å². The van der Waals surface area contributed by atoms with E-state index in [-0.39, 0.29) is 18.1 Å². The number of aromatic carboxylic acids is 1. The molecular weight excluding hydrogens is 436 g/mol. The number of carboxylic acid groups (broad SMARTS) is 1. The number of amidine groups is 1. The van der Waals surface area contributed by atoms with Gasteiger partial charge in [0.2, 0.25) is 0 Å². The van der Waals surface area contributed by atoms with Gasteiger partial charge in [-0.15, -0.1) is 0 Å². The third-order valence-corrected chi connectivity index (χ3v) is 5.89. The molecule has 0 saturated carbocycles. The number of ether oxygens (including phenoxy) is 1. The lowest BCUT2D eigenvalue weighted by atomic mass is 10.1. The van der Waals surface area contributed by atoms with Gasteiger partial charge in [-0.2, -0.15) is 0 Å². The predicted octanol–water partition coefficient (Wildman–Crippen LogP) is 5.47. The van der Waals surface area contributed by atoms with Crippen LogP contribution in [0, 0.1) is 13.8 Å². The lowest BCUT2D eigenvalue weighted by Crippen LogP contribution is -2.19. The Labute approximate surface area is 196 Å². The molecule has 3 aromatic carbocycles. The van der Waals surface area contributed by atoms with Crippen LogP contribution in [0.2, 0.25) is 0 Å². The van der Waals surface area contributed by atoms with E-state index < -0.39 is 5.97 Å². The molecule has 1 aliphatic rings. The first-order valence-electron chi connectivity index (χ1n) is 10.3. The molecule has 166 valence electrons. The highest BCUT2D eigenvalue weighted by atomic mass is 32.2. The standard InChI is InChI=1S/C26H22N2O4S/c1-16-6-11-22(17(2)12-16)27-26-28-24(29)23(33-26)14-18-7-9-21(10-8-18)32-15-19-4-3-5-20(13-19)25(30)31/h3-14H,15H2,1-2H3,(H,30,31)(H,27,28,29)/b23-14-. The maximum Gasteiger partial charge on any atom is 0.335 e. The molecule has 33 heavy (non-hydrogen) atoms. The largest absolute Gasteiger partial charge is 0.489 e. The van der Waals surface area contributed by atoms with Crippen molar-refractivity contribution in [3.05, 3.63) is 99.5 Å². The van der Waals surface area contributed by atoms with Crippen LogP contribution < -0.4 is 10.1 Å². The molecule has 1 fully saturated rings. The fraction of sp³-hybridized carbons (Fsp3) is 0.115. The van der Waals surface area contributed by atoms with Crippen molar-refractivity contribution in [3.63, 3.8) is 0 Å². The van der Waals surface area contributed by atoms with E-state index in [1.807, 2.05) is 62.4 Å². The van der Waals surface area contributed by atoms with Gasteiger partial charge in [-0.05, 0) is 78.7 Å². The maximum absolute atomic E-state index is 12.4. The lowest BCUT2D eigenvalue weighted by Gasteiger charge is -2.07. The van der Waals surface area contributed by atoms with E-state index in [1.165, 1.54) is 17.3 Å². The monoisotopic (exact) mass is 458 g/mol. The van der Waals surface area contributed by atoms with Crippen LogP contribution in [0.1, 0.15) is 32.6 Å². The van der Waals surface area contributed by atoms with Crippen LogP contribution in [0.4, 0.5) is 5.69 Å². The number of thioether (sulfide) groups is 1. The van der Waals surface area contributed by atoms with Gasteiger partial charge in [-0.1, -0.05) is 42.0 Å². The maximum atomic E-state index is 12.4. The SMILES string of the molecule is Cc1ccc(N=C2NC(=O)/C(=C/c3ccc(OCc4cccc(C(=O)O)c4)cc3)S2)c(C)c1. The number of carbonyl (C=O) groups is 2. The molecular formula is C26H22N2O4S. The van der Waals surface area contributed by atoms with Gasteiger partial charge in [0.05, 0.1) is 16.2 Å². The highest BCUT2D eigenvalue weighted by Gasteiger charge is 2.24. The van der Waals surface area contributed by atoms with Gasteiger partial charge in [0.25, 0.3) is 5.91 Å². The molecule has 7 heteroatoms. The quantitative estimate of drug-likeness (QED) is 0.478. The van der Waals surface area contributed by atoms with E-state index in [9.17, 15) is 9.59 Å². The molecule has 3 aromatic rings. The summed E-state index contributed by atoms with van der Waals surface area (Å²) in [7, 11) is 0. The average molecular weight is 459 g/mol. The Bertz CT molecular complexity index is 1280. The first kappa shape index (κ1) is 22.4. The minimum Gasteiger partial charge on any atom is -0.489 e. The first-order valence-corrected chi connectivity index (χ1v) is 11.1. The second kappa shape index (κ2) is 9.75. The number of hydrogen-bond acceptors (Lipinski definition) is 5. The average Bonchev–Trinajstić information content (AvgIpc) is 3.14. The van der Waals surface area contributed by atoms with Crippen molar-refractivity contribution in [2.45, 2.75) is 20.5 Å². The molecule has 1 saturated heterocycles. The van der Waals surface area contributed by atoms with Crippen LogP contribution >= 0.6 is 11.8 Å². The summed E-state index contributed by atoms with van der Waals surface area (Å²) in [6.45, 7) is 4.29. The Hall–Kier alpha value is -3.84. The third-order valence-electron chi connectivity index (χ3n) is 4.98. The Morgan fingerprint density at radius 3 is 2.61 bits per heavy atom. The van der Waals surface area contributed by atoms with Crippen molar-refractivity contribution in [1.29, 1.82) is 0 Å². The Morgan fingerprint density at radius 1 is 1.09 bits per heavy atom. The number of carbonyl (C=O) groups excluding carboxylic acids is 1. The fourth-order valence-corrected chi connectivity index (χ4v) is 4.13. The number of nitrogens with one attached hydrogen (secondary N) is 1. The summed E-state index contributed by atoms with van der Waals surface area (Å²) in [5, 5.41) is 12.5. The summed E-state index contributed by atoms with van der Waals surface area (Å²) < 4.78 is 5.76. The number of aryl methyl sites for hydroxylation is 2. The highest BCUT2D eigenvalue weighted by molar-refractivity contribution is 8.18. The molecule has 0 atom stereocenters. The summed E-state index contributed by atoms with van der Waals surface area (Å²) in [5.74, 6) is -0.495. The molecule has 6 nitrogen and oxygen atoms in total. The number of rotatable bonds is 6. The van der Waals surface area contributed by atoms with E-state index in [0.29, 0.717) is 15.8 Å². The minimum atomic E-state index is -0.967. The van der Waals surface area contributed by atoms with Crippen molar-refractivity contribution in [2.75, 3.05) is 0 Å². The van der Waals surface area contributed by atoms with E-state index >= 15 is 0 Å². The Balaban J connectivity index is 1.41. The van der Waals surface area contributed by atoms with Gasteiger partial charge < -0.3 is 15.2 Å². The molecule has 0 spiro atoms. The molecule has 0 aromatic heterocycles. The van der Waals surface area contributed by atoms with Gasteiger partial charge in [0.15, 0.2) is 5.17 Å². The minimum absolute atomic E-state index is 0.179. The van der Waals surface area contributed by atoms with Gasteiger partial charge in [-0.3, -0.25) is 4.79 Å². The highest BCUT2D eigenvalue weighted by Crippen LogP contribution is 2.29. The first-order chi connectivity index (χ1) is 15.9. The summed E-state index contributed by atoms with van der Waals surface area (Å²) in [5.41, 5.74) is 4.92. The van der Waals surface area contributed by atoms with Gasteiger partial charge in [0.1, 0.15) is 12.4 Å². The lowest BCUT2D eigenvalue weighted by molar-refractivity contribution is -0.115. The van der Waals surface area contributed by atoms with Crippen molar-refractivity contribution in [2.24, 2.45) is 4.99 Å². The number of benzene rings is 3. The fourth-order valence-electron chi connectivity index (χ4n) is 3.29. The Kier molecular flexibility index (Phi) is 6.60. The summed E-state index contributed by atoms with van der Waals surface area (Å²) in [4.78, 5) is 28.6. The smallest absolute Gasteiger partial charge is 0.335 e. The van der Waals surface area contributed by atoms with Crippen LogP contribution in [0.5, 0.6) is 5.75 Å². The normalized spacial score (nSPS) is 15.6. The number of nitrogens with zero attached hydrogens (tertiary/aromatic N) is 1. The topological polar surface area (TPSA) is 88.0 Å². The molecule has 0 radical (unpaired) electrons. The number of aliphatic imine (C=N–C) groups is 1. The second-order valence-corrected chi connectivity index (χ2v) is 8.67. The third kappa shape index (κ3) is 5.70. The molecule has 2 N–H and O–H groups in total. The zero-order chi connectivity index (χ0) is 23.4. The molecule has 1 heterocycles. The van der Waals surface area contributed by atoms with Crippen LogP contribution in [0.25, 0.3) is 6.08 Å². The van der Waals surface area contributed by atoms with Gasteiger partial charge >= 0.3 is 5.97 Å². The summed E-state index contributed by atoms with van der Waals surface area (Å²) in [6.07, 6.45) is 1.81. The molecule has 1 aliphatic heterocycles. The van der Waals surface area contributed by atoms with Gasteiger partial charge in [0, 0.05) is 0 Å². The molecule has 0 bridgehead atoms. The van der Waals surface area contributed by atoms with Crippen molar-refractivity contribution >= 4 is 40.6 Å². The second-order valence-electron chi connectivity index (χ2n) is 7.63.